The summed E-state index contributed by atoms with van der Waals surface area (Å²) in [5.74, 6) is -1.11. The number of fused-ring (bicyclic) bond motifs is 9. The zero-order valence-corrected chi connectivity index (χ0v) is 28.8. The van der Waals surface area contributed by atoms with Crippen LogP contribution in [0.25, 0.3) is 10.9 Å². The van der Waals surface area contributed by atoms with Gasteiger partial charge in [-0.3, -0.25) is 24.1 Å². The van der Waals surface area contributed by atoms with E-state index in [-0.39, 0.29) is 36.5 Å². The molecule has 244 valence electrons. The summed E-state index contributed by atoms with van der Waals surface area (Å²) in [5, 5.41) is 25.2. The first kappa shape index (κ1) is 30.1. The normalized spacial score (nSPS) is 36.8. The largest absolute Gasteiger partial charge is 0.392 e. The van der Waals surface area contributed by atoms with Crippen molar-refractivity contribution in [2.75, 3.05) is 39.7 Å². The van der Waals surface area contributed by atoms with Gasteiger partial charge in [-0.05, 0) is 39.3 Å². The molecule has 2 aromatic carbocycles. The summed E-state index contributed by atoms with van der Waals surface area (Å²) in [5.41, 5.74) is 2.55. The number of hydrogen-bond acceptors (Lipinski definition) is 11. The molecular weight excluding hydrogens is 681 g/mol. The minimum absolute atomic E-state index is 0.203. The van der Waals surface area contributed by atoms with E-state index in [4.69, 9.17) is 0 Å². The summed E-state index contributed by atoms with van der Waals surface area (Å²) < 4.78 is 2.16. The Bertz CT molecular complexity index is 1980. The Hall–Kier alpha value is -3.02. The summed E-state index contributed by atoms with van der Waals surface area (Å²) in [6.45, 7) is -0.994. The number of aromatic nitrogens is 1. The van der Waals surface area contributed by atoms with E-state index in [2.05, 4.69) is 9.88 Å². The number of hydrogen-bond donors (Lipinski definition) is 3. The monoisotopic (exact) mass is 710 g/mol. The van der Waals surface area contributed by atoms with E-state index < -0.39 is 44.4 Å². The van der Waals surface area contributed by atoms with Crippen LogP contribution >= 0.6 is 43.2 Å². The number of amides is 4. The Morgan fingerprint density at radius 3 is 2.13 bits per heavy atom. The number of aliphatic hydroxyl groups excluding tert-OH is 2. The van der Waals surface area contributed by atoms with E-state index in [0.717, 1.165) is 27.7 Å². The second kappa shape index (κ2) is 9.36. The highest BCUT2D eigenvalue weighted by Gasteiger charge is 2.78. The molecule has 9 heterocycles. The molecule has 1 aromatic heterocycles. The lowest BCUT2D eigenvalue weighted by molar-refractivity contribution is -0.166. The van der Waals surface area contributed by atoms with Crippen molar-refractivity contribution >= 4 is 83.4 Å². The van der Waals surface area contributed by atoms with Crippen molar-refractivity contribution in [1.82, 2.24) is 24.2 Å². The minimum Gasteiger partial charge on any atom is -0.392 e. The fourth-order valence-corrected chi connectivity index (χ4v) is 15.7. The SMILES string of the molecule is CN1C(=O)[C@]2(Cc3cn([C@]45C[C@@]67SS[C@@](CO)(C(=O)N6C4Nc4ccccc45)N(C)C7=O)c4ccccc34)SS[C@@]1(CO)C(=O)N2C. The molecule has 16 heteroatoms. The summed E-state index contributed by atoms with van der Waals surface area (Å²) in [6.07, 6.45) is 1.85. The molecule has 11 rings (SSSR count). The molecule has 0 radical (unpaired) electrons. The lowest BCUT2D eigenvalue weighted by atomic mass is 9.86. The van der Waals surface area contributed by atoms with Crippen molar-refractivity contribution in [3.05, 3.63) is 65.9 Å². The highest BCUT2D eigenvalue weighted by atomic mass is 33.1. The third-order valence-electron chi connectivity index (χ3n) is 11.1. The third kappa shape index (κ3) is 3.12. The number of para-hydroxylation sites is 2. The van der Waals surface area contributed by atoms with Gasteiger partial charge >= 0.3 is 0 Å². The molecule has 1 unspecified atom stereocenters. The predicted octanol–water partition coefficient (Wildman–Crippen LogP) is 1.87. The highest BCUT2D eigenvalue weighted by molar-refractivity contribution is 8.78. The van der Waals surface area contributed by atoms with Crippen LogP contribution in [0.4, 0.5) is 5.69 Å². The first-order valence-corrected chi connectivity index (χ1v) is 19.4. The van der Waals surface area contributed by atoms with E-state index in [9.17, 15) is 29.4 Å². The van der Waals surface area contributed by atoms with Crippen LogP contribution in [0, 0.1) is 0 Å². The van der Waals surface area contributed by atoms with E-state index in [0.29, 0.717) is 0 Å². The number of benzene rings is 2. The molecule has 3 N–H and O–H groups in total. The highest BCUT2D eigenvalue weighted by Crippen LogP contribution is 2.69. The average molecular weight is 711 g/mol. The standard InChI is InChI=1S/C31H30N6O6S4/c1-33-25(42)30(15-38)34(2)23(40)28(33,44-46-30)12-17-13-36(21-11-7-4-8-18(17)21)27-14-29-24(41)35(3)31(16-39,47-45-29)26(43)37(29)22(27)32-20-10-6-5-9-19(20)27/h4-11,13,22,32,38-39H,12,14-16H2,1-3H3/t22?,27-,28-,29-,30-,31-/m0/s1. The zero-order valence-electron chi connectivity index (χ0n) is 25.5. The van der Waals surface area contributed by atoms with E-state index in [1.165, 1.54) is 57.9 Å². The fourth-order valence-electron chi connectivity index (χ4n) is 8.49. The van der Waals surface area contributed by atoms with Gasteiger partial charge in [0.25, 0.3) is 23.6 Å². The quantitative estimate of drug-likeness (QED) is 0.335. The number of rotatable bonds is 5. The third-order valence-corrected chi connectivity index (χ3v) is 18.4. The molecule has 0 saturated carbocycles. The molecule has 1 spiro atoms. The summed E-state index contributed by atoms with van der Waals surface area (Å²) in [4.78, 5) is 57.1. The molecule has 47 heavy (non-hydrogen) atoms. The molecular formula is C31H30N6O6S4. The van der Waals surface area contributed by atoms with Gasteiger partial charge < -0.3 is 34.8 Å². The number of nitrogens with zero attached hydrogens (tertiary/aromatic N) is 5. The molecule has 6 atom stereocenters. The van der Waals surface area contributed by atoms with Crippen LogP contribution in [0.5, 0.6) is 0 Å². The molecule has 4 bridgehead atoms. The van der Waals surface area contributed by atoms with Crippen LogP contribution < -0.4 is 5.32 Å². The van der Waals surface area contributed by atoms with Crippen LogP contribution in [-0.2, 0) is 31.1 Å². The van der Waals surface area contributed by atoms with Gasteiger partial charge in [0.05, 0.1) is 13.2 Å². The fraction of sp³-hybridized carbons (Fsp3) is 0.419. The Labute approximate surface area is 285 Å². The minimum atomic E-state index is -1.43. The van der Waals surface area contributed by atoms with Gasteiger partial charge in [-0.1, -0.05) is 58.0 Å². The van der Waals surface area contributed by atoms with Crippen molar-refractivity contribution < 1.29 is 29.4 Å². The smallest absolute Gasteiger partial charge is 0.265 e. The number of nitrogens with one attached hydrogen (secondary N) is 1. The molecule has 7 fully saturated rings. The maximum absolute atomic E-state index is 14.4. The Morgan fingerprint density at radius 1 is 0.766 bits per heavy atom. The first-order valence-electron chi connectivity index (χ1n) is 15.1. The number of aliphatic hydroxyl groups is 2. The molecule has 4 amide bonds. The molecule has 8 aliphatic heterocycles. The maximum atomic E-state index is 14.4. The molecule has 12 nitrogen and oxygen atoms in total. The van der Waals surface area contributed by atoms with Crippen LogP contribution in [-0.4, -0.2) is 118 Å². The van der Waals surface area contributed by atoms with Gasteiger partial charge in [-0.25, -0.2) is 0 Å². The van der Waals surface area contributed by atoms with Gasteiger partial charge in [-0.2, -0.15) is 0 Å². The zero-order chi connectivity index (χ0) is 32.9. The number of likely N-dealkylation sites (N-methyl/N-ethyl adjacent to an activating group) is 3. The first-order chi connectivity index (χ1) is 22.5. The second-order valence-corrected chi connectivity index (χ2v) is 18.3. The Kier molecular flexibility index (Phi) is 5.99. The van der Waals surface area contributed by atoms with Crippen LogP contribution in [0.1, 0.15) is 17.5 Å². The van der Waals surface area contributed by atoms with Gasteiger partial charge in [0.15, 0.2) is 9.74 Å². The summed E-state index contributed by atoms with van der Waals surface area (Å²) >= 11 is 0. The van der Waals surface area contributed by atoms with Crippen molar-refractivity contribution in [3.63, 3.8) is 0 Å². The lowest BCUT2D eigenvalue weighted by Gasteiger charge is -2.58. The maximum Gasteiger partial charge on any atom is 0.265 e. The van der Waals surface area contributed by atoms with Gasteiger partial charge in [-0.15, -0.1) is 0 Å². The van der Waals surface area contributed by atoms with Crippen molar-refractivity contribution in [2.24, 2.45) is 0 Å². The van der Waals surface area contributed by atoms with Gasteiger partial charge in [0.2, 0.25) is 9.74 Å². The van der Waals surface area contributed by atoms with E-state index in [1.54, 1.807) is 26.0 Å². The van der Waals surface area contributed by atoms with Gasteiger partial charge in [0, 0.05) is 62.3 Å². The summed E-state index contributed by atoms with van der Waals surface area (Å²) in [6, 6.07) is 15.8. The van der Waals surface area contributed by atoms with Gasteiger partial charge in [0.1, 0.15) is 11.7 Å². The summed E-state index contributed by atoms with van der Waals surface area (Å²) in [7, 11) is 9.90. The van der Waals surface area contributed by atoms with Crippen LogP contribution in [0.3, 0.4) is 0 Å². The topological polar surface area (TPSA) is 139 Å². The molecule has 7 saturated heterocycles. The average Bonchev–Trinajstić information content (AvgIpc) is 3.71. The van der Waals surface area contributed by atoms with E-state index >= 15 is 0 Å². The van der Waals surface area contributed by atoms with Crippen LogP contribution in [0.2, 0.25) is 0 Å². The lowest BCUT2D eigenvalue weighted by Crippen LogP contribution is -2.77. The molecule has 8 aliphatic rings. The molecule has 0 aliphatic carbocycles. The second-order valence-electron chi connectivity index (χ2n) is 13.0. The molecule has 3 aromatic rings. The van der Waals surface area contributed by atoms with Crippen molar-refractivity contribution in [1.29, 1.82) is 0 Å². The Balaban J connectivity index is 1.25. The number of piperazine rings is 2. The van der Waals surface area contributed by atoms with Crippen molar-refractivity contribution in [2.45, 2.75) is 44.0 Å². The van der Waals surface area contributed by atoms with Crippen molar-refractivity contribution in [3.8, 4) is 0 Å². The van der Waals surface area contributed by atoms with Crippen LogP contribution in [0.15, 0.2) is 54.7 Å². The number of anilines is 1. The predicted molar refractivity (Wildman–Crippen MR) is 182 cm³/mol. The van der Waals surface area contributed by atoms with E-state index in [1.807, 2.05) is 54.7 Å². The number of carbonyl (C=O) groups is 4. The Morgan fingerprint density at radius 2 is 1.36 bits per heavy atom. The number of carbonyl (C=O) groups excluding carboxylic acids is 4.